The van der Waals surface area contributed by atoms with Crippen LogP contribution in [0.1, 0.15) is 27.2 Å². The Morgan fingerprint density at radius 3 is 2.36 bits per heavy atom. The van der Waals surface area contributed by atoms with Crippen molar-refractivity contribution < 1.29 is 0 Å². The van der Waals surface area contributed by atoms with E-state index in [1.165, 1.54) is 17.9 Å². The molecule has 0 aliphatic rings. The maximum absolute atomic E-state index is 3.24. The molecule has 1 nitrogen and oxygen atoms in total. The topological polar surface area (TPSA) is 12.0 Å². The van der Waals surface area contributed by atoms with Gasteiger partial charge in [0.05, 0.1) is 0 Å². The molecule has 68 valence electrons. The molecule has 2 heteroatoms. The molecule has 0 fully saturated rings. The molecule has 0 spiro atoms. The van der Waals surface area contributed by atoms with Gasteiger partial charge in [0.25, 0.3) is 0 Å². The second-order valence-electron chi connectivity index (χ2n) is 3.24. The van der Waals surface area contributed by atoms with Crippen molar-refractivity contribution in [2.75, 3.05) is 18.6 Å². The fraction of sp³-hybridized carbons (Fsp3) is 1.00. The lowest BCUT2D eigenvalue weighted by molar-refractivity contribution is 0.632. The Hall–Kier alpha value is 0.310. The molecule has 0 saturated heterocycles. The van der Waals surface area contributed by atoms with Crippen LogP contribution in [0, 0.1) is 5.92 Å². The molecule has 0 aromatic heterocycles. The molecule has 0 radical (unpaired) electrons. The lowest BCUT2D eigenvalue weighted by Gasteiger charge is -2.11. The summed E-state index contributed by atoms with van der Waals surface area (Å²) >= 11 is 2.06. The van der Waals surface area contributed by atoms with E-state index in [0.29, 0.717) is 6.04 Å². The van der Waals surface area contributed by atoms with E-state index in [9.17, 15) is 0 Å². The first kappa shape index (κ1) is 11.3. The van der Waals surface area contributed by atoms with Gasteiger partial charge in [-0.1, -0.05) is 20.3 Å². The molecular weight excluding hydrogens is 154 g/mol. The van der Waals surface area contributed by atoms with Crippen molar-refractivity contribution in [1.29, 1.82) is 0 Å². The first-order chi connectivity index (χ1) is 5.20. The van der Waals surface area contributed by atoms with Gasteiger partial charge in [0, 0.05) is 11.8 Å². The maximum atomic E-state index is 3.24. The van der Waals surface area contributed by atoms with Gasteiger partial charge in [-0.15, -0.1) is 0 Å². The van der Waals surface area contributed by atoms with Crippen LogP contribution in [0.15, 0.2) is 0 Å². The molecule has 2 unspecified atom stereocenters. The molecule has 0 aliphatic heterocycles. The highest BCUT2D eigenvalue weighted by molar-refractivity contribution is 7.99. The fourth-order valence-electron chi connectivity index (χ4n) is 0.647. The van der Waals surface area contributed by atoms with Crippen molar-refractivity contribution in [2.24, 2.45) is 5.92 Å². The second kappa shape index (κ2) is 6.99. The highest BCUT2D eigenvalue weighted by Gasteiger charge is 2.01. The molecule has 11 heavy (non-hydrogen) atoms. The van der Waals surface area contributed by atoms with Gasteiger partial charge in [0.2, 0.25) is 0 Å². The van der Waals surface area contributed by atoms with Crippen LogP contribution in [0.2, 0.25) is 0 Å². The molecule has 0 bridgehead atoms. The van der Waals surface area contributed by atoms with Gasteiger partial charge >= 0.3 is 0 Å². The van der Waals surface area contributed by atoms with Crippen LogP contribution in [0.5, 0.6) is 0 Å². The average Bonchev–Trinajstić information content (AvgIpc) is 2.04. The van der Waals surface area contributed by atoms with E-state index >= 15 is 0 Å². The van der Waals surface area contributed by atoms with Gasteiger partial charge in [-0.05, 0) is 25.6 Å². The Labute approximate surface area is 75.3 Å². The van der Waals surface area contributed by atoms with E-state index < -0.39 is 0 Å². The average molecular weight is 175 g/mol. The molecule has 0 aromatic rings. The van der Waals surface area contributed by atoms with Crippen LogP contribution in [-0.2, 0) is 0 Å². The summed E-state index contributed by atoms with van der Waals surface area (Å²) < 4.78 is 0. The highest BCUT2D eigenvalue weighted by atomic mass is 32.2. The third-order valence-corrected chi connectivity index (χ3v) is 3.50. The molecule has 1 N–H and O–H groups in total. The summed E-state index contributed by atoms with van der Waals surface area (Å²) in [5.41, 5.74) is 0. The number of thioether (sulfide) groups is 1. The Bertz CT molecular complexity index is 75.6. The first-order valence-corrected chi connectivity index (χ1v) is 5.61. The van der Waals surface area contributed by atoms with Crippen molar-refractivity contribution in [3.8, 4) is 0 Å². The largest absolute Gasteiger partial charge is 0.316 e. The summed E-state index contributed by atoms with van der Waals surface area (Å²) in [6.07, 6.45) is 1.31. The Kier molecular flexibility index (Phi) is 7.18. The van der Waals surface area contributed by atoms with Crippen LogP contribution in [-0.4, -0.2) is 24.6 Å². The molecular formula is C9H21NS. The number of nitrogens with one attached hydrogen (secondary N) is 1. The van der Waals surface area contributed by atoms with Crippen LogP contribution < -0.4 is 5.32 Å². The van der Waals surface area contributed by atoms with Gasteiger partial charge in [-0.25, -0.2) is 0 Å². The predicted octanol–water partition coefficient (Wildman–Crippen LogP) is 2.37. The highest BCUT2D eigenvalue weighted by Crippen LogP contribution is 2.11. The smallest absolute Gasteiger partial charge is 0.0126 e. The lowest BCUT2D eigenvalue weighted by Crippen LogP contribution is -2.23. The monoisotopic (exact) mass is 175 g/mol. The van der Waals surface area contributed by atoms with Crippen LogP contribution in [0.3, 0.4) is 0 Å². The SMILES string of the molecule is CCC(C)CSCC(C)NC. The number of hydrogen-bond acceptors (Lipinski definition) is 2. The molecule has 0 heterocycles. The van der Waals surface area contributed by atoms with E-state index in [0.717, 1.165) is 5.92 Å². The predicted molar refractivity (Wildman–Crippen MR) is 55.3 cm³/mol. The molecule has 0 amide bonds. The van der Waals surface area contributed by atoms with E-state index in [4.69, 9.17) is 0 Å². The minimum atomic E-state index is 0.657. The molecule has 0 aliphatic carbocycles. The Morgan fingerprint density at radius 2 is 1.91 bits per heavy atom. The van der Waals surface area contributed by atoms with Crippen LogP contribution in [0.25, 0.3) is 0 Å². The number of hydrogen-bond donors (Lipinski definition) is 1. The van der Waals surface area contributed by atoms with Gasteiger partial charge in [-0.2, -0.15) is 11.8 Å². The van der Waals surface area contributed by atoms with Crippen molar-refractivity contribution in [3.05, 3.63) is 0 Å². The van der Waals surface area contributed by atoms with Crippen LogP contribution in [0.4, 0.5) is 0 Å². The van der Waals surface area contributed by atoms with E-state index in [1.54, 1.807) is 0 Å². The Balaban J connectivity index is 3.13. The summed E-state index contributed by atoms with van der Waals surface area (Å²) in [6.45, 7) is 6.80. The summed E-state index contributed by atoms with van der Waals surface area (Å²) in [6, 6.07) is 0.657. The fourth-order valence-corrected chi connectivity index (χ4v) is 1.94. The third-order valence-electron chi connectivity index (χ3n) is 1.96. The maximum Gasteiger partial charge on any atom is 0.0126 e. The molecule has 2 atom stereocenters. The molecule has 0 saturated carbocycles. The first-order valence-electron chi connectivity index (χ1n) is 4.45. The zero-order chi connectivity index (χ0) is 8.69. The quantitative estimate of drug-likeness (QED) is 0.665. The zero-order valence-corrected chi connectivity index (χ0v) is 9.00. The van der Waals surface area contributed by atoms with E-state index in [-0.39, 0.29) is 0 Å². The summed E-state index contributed by atoms with van der Waals surface area (Å²) in [5, 5.41) is 3.24. The Morgan fingerprint density at radius 1 is 1.27 bits per heavy atom. The van der Waals surface area contributed by atoms with Crippen molar-refractivity contribution in [3.63, 3.8) is 0 Å². The summed E-state index contributed by atoms with van der Waals surface area (Å²) in [4.78, 5) is 0. The van der Waals surface area contributed by atoms with Crippen molar-refractivity contribution >= 4 is 11.8 Å². The van der Waals surface area contributed by atoms with Gasteiger partial charge in [-0.3, -0.25) is 0 Å². The minimum absolute atomic E-state index is 0.657. The normalized spacial score (nSPS) is 16.4. The summed E-state index contributed by atoms with van der Waals surface area (Å²) in [5.74, 6) is 3.42. The molecule has 0 rings (SSSR count). The zero-order valence-electron chi connectivity index (χ0n) is 8.18. The van der Waals surface area contributed by atoms with Gasteiger partial charge in [0.1, 0.15) is 0 Å². The minimum Gasteiger partial charge on any atom is -0.316 e. The van der Waals surface area contributed by atoms with Crippen molar-refractivity contribution in [2.45, 2.75) is 33.2 Å². The van der Waals surface area contributed by atoms with Gasteiger partial charge in [0.15, 0.2) is 0 Å². The van der Waals surface area contributed by atoms with Gasteiger partial charge < -0.3 is 5.32 Å². The standard InChI is InChI=1S/C9H21NS/c1-5-8(2)6-11-7-9(3)10-4/h8-10H,5-7H2,1-4H3. The second-order valence-corrected chi connectivity index (χ2v) is 4.32. The lowest BCUT2D eigenvalue weighted by atomic mass is 10.2. The third kappa shape index (κ3) is 6.70. The van der Waals surface area contributed by atoms with Crippen LogP contribution >= 0.6 is 11.8 Å². The van der Waals surface area contributed by atoms with Crippen molar-refractivity contribution in [1.82, 2.24) is 5.32 Å². The number of rotatable bonds is 6. The molecule has 0 aromatic carbocycles. The van der Waals surface area contributed by atoms with E-state index in [2.05, 4.69) is 37.8 Å². The summed E-state index contributed by atoms with van der Waals surface area (Å²) in [7, 11) is 2.02. The van der Waals surface area contributed by atoms with E-state index in [1.807, 2.05) is 7.05 Å².